The van der Waals surface area contributed by atoms with Crippen molar-refractivity contribution in [1.82, 2.24) is 4.57 Å². The van der Waals surface area contributed by atoms with Crippen LogP contribution >= 0.6 is 0 Å². The number of benzene rings is 3. The van der Waals surface area contributed by atoms with Gasteiger partial charge in [-0.05, 0) is 30.3 Å². The van der Waals surface area contributed by atoms with Gasteiger partial charge in [-0.3, -0.25) is 4.79 Å². The van der Waals surface area contributed by atoms with Gasteiger partial charge in [0, 0.05) is 22.8 Å². The molecule has 5 nitrogen and oxygen atoms in total. The SMILES string of the molecule is O=C(Cn1cc(S(=O)(=O)c2ccccc2)c2ccccc21)Nc1ccccc1. The van der Waals surface area contributed by atoms with Crippen LogP contribution < -0.4 is 5.32 Å². The molecular weight excluding hydrogens is 372 g/mol. The number of para-hydroxylation sites is 2. The second-order valence-electron chi connectivity index (χ2n) is 6.37. The first-order valence-corrected chi connectivity index (χ1v) is 10.3. The molecular formula is C22H18N2O3S. The van der Waals surface area contributed by atoms with E-state index < -0.39 is 9.84 Å². The molecule has 1 N–H and O–H groups in total. The summed E-state index contributed by atoms with van der Waals surface area (Å²) in [5, 5.41) is 3.42. The number of hydrogen-bond acceptors (Lipinski definition) is 3. The van der Waals surface area contributed by atoms with Gasteiger partial charge in [-0.15, -0.1) is 0 Å². The highest BCUT2D eigenvalue weighted by Crippen LogP contribution is 2.30. The fourth-order valence-corrected chi connectivity index (χ4v) is 4.66. The lowest BCUT2D eigenvalue weighted by Crippen LogP contribution is -2.18. The molecule has 28 heavy (non-hydrogen) atoms. The van der Waals surface area contributed by atoms with Gasteiger partial charge in [-0.25, -0.2) is 8.42 Å². The van der Waals surface area contributed by atoms with Crippen LogP contribution in [-0.2, 0) is 21.2 Å². The predicted molar refractivity (Wildman–Crippen MR) is 109 cm³/mol. The second kappa shape index (κ2) is 7.32. The molecule has 0 fully saturated rings. The summed E-state index contributed by atoms with van der Waals surface area (Å²) in [5.41, 5.74) is 1.39. The van der Waals surface area contributed by atoms with Gasteiger partial charge >= 0.3 is 0 Å². The maximum absolute atomic E-state index is 13.1. The van der Waals surface area contributed by atoms with Gasteiger partial charge < -0.3 is 9.88 Å². The van der Waals surface area contributed by atoms with Crippen LogP contribution in [0.3, 0.4) is 0 Å². The summed E-state index contributed by atoms with van der Waals surface area (Å²) in [6.07, 6.45) is 1.54. The molecule has 3 aromatic carbocycles. The number of nitrogens with one attached hydrogen (secondary N) is 1. The normalized spacial score (nSPS) is 11.4. The Morgan fingerprint density at radius 1 is 0.821 bits per heavy atom. The fraction of sp³-hybridized carbons (Fsp3) is 0.0455. The molecule has 6 heteroatoms. The third-order valence-electron chi connectivity index (χ3n) is 4.47. The van der Waals surface area contributed by atoms with E-state index in [0.717, 1.165) is 0 Å². The van der Waals surface area contributed by atoms with Gasteiger partial charge in [0.05, 0.1) is 9.79 Å². The van der Waals surface area contributed by atoms with Crippen molar-refractivity contribution in [3.05, 3.63) is 91.1 Å². The number of anilines is 1. The van der Waals surface area contributed by atoms with Crippen LogP contribution in [0.5, 0.6) is 0 Å². The van der Waals surface area contributed by atoms with Crippen molar-refractivity contribution in [3.63, 3.8) is 0 Å². The topological polar surface area (TPSA) is 68.2 Å². The molecule has 4 rings (SSSR count). The Hall–Kier alpha value is -3.38. The maximum Gasteiger partial charge on any atom is 0.244 e. The summed E-state index contributed by atoms with van der Waals surface area (Å²) in [4.78, 5) is 12.9. The van der Waals surface area contributed by atoms with Crippen molar-refractivity contribution in [2.75, 3.05) is 5.32 Å². The minimum Gasteiger partial charge on any atom is -0.337 e. The standard InChI is InChI=1S/C22H18N2O3S/c25-22(23-17-9-3-1-4-10-17)16-24-15-21(19-13-7-8-14-20(19)24)28(26,27)18-11-5-2-6-12-18/h1-15H,16H2,(H,23,25). The largest absolute Gasteiger partial charge is 0.337 e. The summed E-state index contributed by atoms with van der Waals surface area (Å²) in [6, 6.07) is 24.7. The van der Waals surface area contributed by atoms with Gasteiger partial charge in [0.1, 0.15) is 6.54 Å². The number of fused-ring (bicyclic) bond motifs is 1. The van der Waals surface area contributed by atoms with Crippen LogP contribution in [0, 0.1) is 0 Å². The number of aromatic nitrogens is 1. The number of sulfone groups is 1. The number of carbonyl (C=O) groups excluding carboxylic acids is 1. The van der Waals surface area contributed by atoms with Gasteiger partial charge in [0.15, 0.2) is 0 Å². The van der Waals surface area contributed by atoms with Gasteiger partial charge in [-0.2, -0.15) is 0 Å². The lowest BCUT2D eigenvalue weighted by molar-refractivity contribution is -0.116. The van der Waals surface area contributed by atoms with E-state index in [1.165, 1.54) is 6.20 Å². The average molecular weight is 390 g/mol. The smallest absolute Gasteiger partial charge is 0.244 e. The number of rotatable bonds is 5. The minimum atomic E-state index is -3.69. The first-order chi connectivity index (χ1) is 13.6. The Bertz CT molecular complexity index is 1230. The average Bonchev–Trinajstić information content (AvgIpc) is 3.09. The van der Waals surface area contributed by atoms with Crippen molar-refractivity contribution in [3.8, 4) is 0 Å². The lowest BCUT2D eigenvalue weighted by Gasteiger charge is -2.07. The molecule has 4 aromatic rings. The summed E-state index contributed by atoms with van der Waals surface area (Å²) >= 11 is 0. The molecule has 1 heterocycles. The Balaban J connectivity index is 1.72. The van der Waals surface area contributed by atoms with E-state index in [1.54, 1.807) is 59.2 Å². The highest BCUT2D eigenvalue weighted by Gasteiger charge is 2.23. The third-order valence-corrected chi connectivity index (χ3v) is 6.26. The summed E-state index contributed by atoms with van der Waals surface area (Å²) in [6.45, 7) is 0.0136. The third kappa shape index (κ3) is 3.42. The van der Waals surface area contributed by atoms with E-state index in [2.05, 4.69) is 5.32 Å². The van der Waals surface area contributed by atoms with Crippen molar-refractivity contribution >= 4 is 32.3 Å². The van der Waals surface area contributed by atoms with Crippen molar-refractivity contribution in [2.24, 2.45) is 0 Å². The van der Waals surface area contributed by atoms with E-state index in [1.807, 2.05) is 30.3 Å². The van der Waals surface area contributed by atoms with Gasteiger partial charge in [0.2, 0.25) is 15.7 Å². The Labute approximate surface area is 163 Å². The molecule has 0 unspecified atom stereocenters. The lowest BCUT2D eigenvalue weighted by atomic mass is 10.2. The van der Waals surface area contributed by atoms with Gasteiger partial charge in [-0.1, -0.05) is 54.6 Å². The van der Waals surface area contributed by atoms with Crippen molar-refractivity contribution in [1.29, 1.82) is 0 Å². The summed E-state index contributed by atoms with van der Waals surface area (Å²) in [5.74, 6) is -0.226. The molecule has 0 saturated carbocycles. The monoisotopic (exact) mass is 390 g/mol. The van der Waals surface area contributed by atoms with Gasteiger partial charge in [0.25, 0.3) is 0 Å². The molecule has 140 valence electrons. The van der Waals surface area contributed by atoms with Crippen LogP contribution in [0.1, 0.15) is 0 Å². The number of nitrogens with zero attached hydrogens (tertiary/aromatic N) is 1. The molecule has 1 aromatic heterocycles. The molecule has 0 aliphatic carbocycles. The first-order valence-electron chi connectivity index (χ1n) is 8.78. The van der Waals surface area contributed by atoms with E-state index in [-0.39, 0.29) is 22.2 Å². The number of amides is 1. The van der Waals surface area contributed by atoms with Crippen LogP contribution in [0.25, 0.3) is 10.9 Å². The molecule has 0 aliphatic heterocycles. The van der Waals surface area contributed by atoms with E-state index in [0.29, 0.717) is 16.6 Å². The quantitative estimate of drug-likeness (QED) is 0.557. The number of carbonyl (C=O) groups is 1. The predicted octanol–water partition coefficient (Wildman–Crippen LogP) is 4.11. The Morgan fingerprint density at radius 3 is 2.14 bits per heavy atom. The fourth-order valence-electron chi connectivity index (χ4n) is 3.16. The molecule has 0 aliphatic rings. The zero-order chi connectivity index (χ0) is 19.6. The van der Waals surface area contributed by atoms with Crippen molar-refractivity contribution in [2.45, 2.75) is 16.3 Å². The van der Waals surface area contributed by atoms with Crippen LogP contribution in [0.4, 0.5) is 5.69 Å². The Kier molecular flexibility index (Phi) is 4.71. The highest BCUT2D eigenvalue weighted by molar-refractivity contribution is 7.91. The molecule has 0 bridgehead atoms. The zero-order valence-corrected chi connectivity index (χ0v) is 15.8. The minimum absolute atomic E-state index is 0.0136. The number of hydrogen-bond donors (Lipinski definition) is 1. The highest BCUT2D eigenvalue weighted by atomic mass is 32.2. The molecule has 0 radical (unpaired) electrons. The molecule has 1 amide bonds. The van der Waals surface area contributed by atoms with E-state index in [4.69, 9.17) is 0 Å². The summed E-state index contributed by atoms with van der Waals surface area (Å²) in [7, 11) is -3.69. The van der Waals surface area contributed by atoms with Crippen LogP contribution in [0.2, 0.25) is 0 Å². The molecule has 0 atom stereocenters. The van der Waals surface area contributed by atoms with E-state index >= 15 is 0 Å². The Morgan fingerprint density at radius 2 is 1.43 bits per heavy atom. The second-order valence-corrected chi connectivity index (χ2v) is 8.29. The molecule has 0 spiro atoms. The van der Waals surface area contributed by atoms with E-state index in [9.17, 15) is 13.2 Å². The zero-order valence-electron chi connectivity index (χ0n) is 14.9. The van der Waals surface area contributed by atoms with Crippen molar-refractivity contribution < 1.29 is 13.2 Å². The van der Waals surface area contributed by atoms with Crippen LogP contribution in [0.15, 0.2) is 101 Å². The molecule has 0 saturated heterocycles. The van der Waals surface area contributed by atoms with Crippen LogP contribution in [-0.4, -0.2) is 18.9 Å². The summed E-state index contributed by atoms with van der Waals surface area (Å²) < 4.78 is 27.9. The maximum atomic E-state index is 13.1. The first kappa shape index (κ1) is 18.0.